The van der Waals surface area contributed by atoms with E-state index in [0.717, 1.165) is 12.0 Å². The third kappa shape index (κ3) is 5.17. The van der Waals surface area contributed by atoms with Crippen molar-refractivity contribution in [2.75, 3.05) is 26.0 Å². The van der Waals surface area contributed by atoms with Crippen LogP contribution in [0.3, 0.4) is 0 Å². The summed E-state index contributed by atoms with van der Waals surface area (Å²) in [6, 6.07) is 13.6. The average molecular weight is 354 g/mol. The number of nitrogens with zero attached hydrogens (tertiary/aromatic N) is 1. The van der Waals surface area contributed by atoms with Crippen molar-refractivity contribution in [1.82, 2.24) is 4.90 Å². The first-order chi connectivity index (χ1) is 12.4. The molecule has 1 N–H and O–H groups in total. The van der Waals surface area contributed by atoms with Crippen LogP contribution in [-0.4, -0.2) is 43.4 Å². The Bertz CT molecular complexity index is 780. The van der Waals surface area contributed by atoms with E-state index in [1.165, 1.54) is 4.90 Å². The first kappa shape index (κ1) is 19.2. The Hall–Kier alpha value is -3.15. The van der Waals surface area contributed by atoms with E-state index in [2.05, 4.69) is 5.32 Å². The molecule has 0 heterocycles. The summed E-state index contributed by atoms with van der Waals surface area (Å²) in [7, 11) is 3.34. The molecule has 6 nitrogen and oxygen atoms in total. The number of ether oxygens (including phenoxy) is 1. The van der Waals surface area contributed by atoms with Crippen LogP contribution in [0.2, 0.25) is 0 Å². The summed E-state index contributed by atoms with van der Waals surface area (Å²) < 4.78 is 5.02. The van der Waals surface area contributed by atoms with Gasteiger partial charge in [-0.25, -0.2) is 4.79 Å². The van der Waals surface area contributed by atoms with Gasteiger partial charge in [-0.15, -0.1) is 0 Å². The normalized spacial score (nSPS) is 10.1. The van der Waals surface area contributed by atoms with Crippen molar-refractivity contribution in [3.05, 3.63) is 65.2 Å². The van der Waals surface area contributed by atoms with Crippen LogP contribution in [0.4, 0.5) is 5.69 Å². The minimum absolute atomic E-state index is 0.120. The second-order valence-corrected chi connectivity index (χ2v) is 5.95. The third-order valence-corrected chi connectivity index (χ3v) is 3.75. The van der Waals surface area contributed by atoms with E-state index in [-0.39, 0.29) is 12.5 Å². The predicted octanol–water partition coefficient (Wildman–Crippen LogP) is 2.75. The zero-order valence-corrected chi connectivity index (χ0v) is 15.1. The van der Waals surface area contributed by atoms with Gasteiger partial charge in [-0.2, -0.15) is 0 Å². The minimum Gasteiger partial charge on any atom is -0.452 e. The predicted molar refractivity (Wildman–Crippen MR) is 99.2 cm³/mol. The molecule has 2 aromatic carbocycles. The monoisotopic (exact) mass is 354 g/mol. The summed E-state index contributed by atoms with van der Waals surface area (Å²) in [5.41, 5.74) is 2.57. The Labute approximate surface area is 152 Å². The molecular formula is C20H22N2O4. The highest BCUT2D eigenvalue weighted by molar-refractivity contribution is 5.97. The van der Waals surface area contributed by atoms with Gasteiger partial charge in [-0.1, -0.05) is 19.1 Å². The van der Waals surface area contributed by atoms with E-state index < -0.39 is 11.9 Å². The summed E-state index contributed by atoms with van der Waals surface area (Å²) in [6.07, 6.45) is 0.886. The molecule has 0 unspecified atom stereocenters. The Morgan fingerprint density at radius 2 is 1.50 bits per heavy atom. The van der Waals surface area contributed by atoms with E-state index >= 15 is 0 Å². The molecule has 2 amide bonds. The van der Waals surface area contributed by atoms with Crippen LogP contribution in [0.5, 0.6) is 0 Å². The first-order valence-electron chi connectivity index (χ1n) is 8.28. The molecule has 136 valence electrons. The molecule has 0 saturated heterocycles. The Kier molecular flexibility index (Phi) is 6.49. The van der Waals surface area contributed by atoms with Gasteiger partial charge < -0.3 is 15.0 Å². The van der Waals surface area contributed by atoms with Crippen LogP contribution in [0.15, 0.2) is 48.5 Å². The van der Waals surface area contributed by atoms with Gasteiger partial charge in [-0.05, 0) is 48.4 Å². The molecule has 0 aliphatic carbocycles. The zero-order chi connectivity index (χ0) is 19.1. The fraction of sp³-hybridized carbons (Fsp3) is 0.250. The lowest BCUT2D eigenvalue weighted by Crippen LogP contribution is -2.22. The lowest BCUT2D eigenvalue weighted by molar-refractivity contribution is -0.119. The van der Waals surface area contributed by atoms with Crippen LogP contribution in [0, 0.1) is 0 Å². The van der Waals surface area contributed by atoms with Crippen molar-refractivity contribution in [3.63, 3.8) is 0 Å². The van der Waals surface area contributed by atoms with Gasteiger partial charge in [0.05, 0.1) is 5.56 Å². The maximum absolute atomic E-state index is 11.9. The molecule has 0 aliphatic rings. The quantitative estimate of drug-likeness (QED) is 0.810. The van der Waals surface area contributed by atoms with Crippen molar-refractivity contribution in [1.29, 1.82) is 0 Å². The molecule has 0 saturated carbocycles. The topological polar surface area (TPSA) is 75.7 Å². The van der Waals surface area contributed by atoms with E-state index in [0.29, 0.717) is 16.8 Å². The molecular weight excluding hydrogens is 332 g/mol. The molecule has 0 bridgehead atoms. The molecule has 0 aromatic heterocycles. The zero-order valence-electron chi connectivity index (χ0n) is 15.1. The highest BCUT2D eigenvalue weighted by atomic mass is 16.5. The largest absolute Gasteiger partial charge is 0.452 e. The summed E-state index contributed by atoms with van der Waals surface area (Å²) in [4.78, 5) is 37.1. The number of hydrogen-bond donors (Lipinski definition) is 1. The lowest BCUT2D eigenvalue weighted by Gasteiger charge is -2.11. The number of benzene rings is 2. The van der Waals surface area contributed by atoms with Crippen LogP contribution < -0.4 is 5.32 Å². The summed E-state index contributed by atoms with van der Waals surface area (Å²) >= 11 is 0. The van der Waals surface area contributed by atoms with Crippen LogP contribution >= 0.6 is 0 Å². The van der Waals surface area contributed by atoms with E-state index in [1.807, 2.05) is 19.1 Å². The standard InChI is InChI=1S/C20H22N2O4/c1-4-14-5-7-16(8-6-14)20(25)26-13-18(23)21-17-11-9-15(10-12-17)19(24)22(2)3/h5-12H,4,13H2,1-3H3,(H,21,23). The van der Waals surface area contributed by atoms with E-state index in [4.69, 9.17) is 4.74 Å². The fourth-order valence-corrected chi connectivity index (χ4v) is 2.24. The van der Waals surface area contributed by atoms with Crippen LogP contribution in [0.25, 0.3) is 0 Å². The number of amides is 2. The number of esters is 1. The molecule has 6 heteroatoms. The minimum atomic E-state index is -0.547. The van der Waals surface area contributed by atoms with Gasteiger partial charge in [0.15, 0.2) is 6.61 Å². The Balaban J connectivity index is 1.86. The van der Waals surface area contributed by atoms with Gasteiger partial charge in [0.1, 0.15) is 0 Å². The van der Waals surface area contributed by atoms with Gasteiger partial charge in [0, 0.05) is 25.3 Å². The number of anilines is 1. The van der Waals surface area contributed by atoms with Gasteiger partial charge in [0.25, 0.3) is 11.8 Å². The molecule has 0 fully saturated rings. The average Bonchev–Trinajstić information content (AvgIpc) is 2.66. The first-order valence-corrected chi connectivity index (χ1v) is 8.28. The highest BCUT2D eigenvalue weighted by Crippen LogP contribution is 2.11. The third-order valence-electron chi connectivity index (χ3n) is 3.75. The number of aryl methyl sites for hydroxylation is 1. The number of carbonyl (C=O) groups excluding carboxylic acids is 3. The number of rotatable bonds is 6. The molecule has 0 aliphatic heterocycles. The Morgan fingerprint density at radius 3 is 2.04 bits per heavy atom. The van der Waals surface area contributed by atoms with Crippen molar-refractivity contribution < 1.29 is 19.1 Å². The summed E-state index contributed by atoms with van der Waals surface area (Å²) in [6.45, 7) is 1.65. The van der Waals surface area contributed by atoms with Crippen molar-refractivity contribution in [2.24, 2.45) is 0 Å². The van der Waals surface area contributed by atoms with Crippen molar-refractivity contribution in [2.45, 2.75) is 13.3 Å². The lowest BCUT2D eigenvalue weighted by atomic mass is 10.1. The van der Waals surface area contributed by atoms with Gasteiger partial charge in [0.2, 0.25) is 0 Å². The van der Waals surface area contributed by atoms with E-state index in [1.54, 1.807) is 50.5 Å². The maximum atomic E-state index is 11.9. The van der Waals surface area contributed by atoms with Gasteiger partial charge in [-0.3, -0.25) is 9.59 Å². The number of nitrogens with one attached hydrogen (secondary N) is 1. The van der Waals surface area contributed by atoms with Crippen molar-refractivity contribution >= 4 is 23.5 Å². The van der Waals surface area contributed by atoms with E-state index in [9.17, 15) is 14.4 Å². The number of hydrogen-bond acceptors (Lipinski definition) is 4. The molecule has 26 heavy (non-hydrogen) atoms. The smallest absolute Gasteiger partial charge is 0.338 e. The Morgan fingerprint density at radius 1 is 0.923 bits per heavy atom. The second-order valence-electron chi connectivity index (χ2n) is 5.95. The highest BCUT2D eigenvalue weighted by Gasteiger charge is 2.11. The maximum Gasteiger partial charge on any atom is 0.338 e. The summed E-state index contributed by atoms with van der Waals surface area (Å²) in [5.74, 6) is -1.11. The number of carbonyl (C=O) groups is 3. The molecule has 0 spiro atoms. The fourth-order valence-electron chi connectivity index (χ4n) is 2.24. The SMILES string of the molecule is CCc1ccc(C(=O)OCC(=O)Nc2ccc(C(=O)N(C)C)cc2)cc1. The van der Waals surface area contributed by atoms with Crippen molar-refractivity contribution in [3.8, 4) is 0 Å². The molecule has 0 atom stereocenters. The summed E-state index contributed by atoms with van der Waals surface area (Å²) in [5, 5.41) is 2.62. The second kappa shape index (κ2) is 8.80. The van der Waals surface area contributed by atoms with Gasteiger partial charge >= 0.3 is 5.97 Å². The molecule has 2 rings (SSSR count). The van der Waals surface area contributed by atoms with Crippen LogP contribution in [0.1, 0.15) is 33.2 Å². The molecule has 0 radical (unpaired) electrons. The molecule has 2 aromatic rings. The van der Waals surface area contributed by atoms with Crippen LogP contribution in [-0.2, 0) is 16.0 Å².